The molecule has 2 aromatic rings. The number of nitrogens with one attached hydrogen (secondary N) is 1. The van der Waals surface area contributed by atoms with Crippen LogP contribution in [0, 0.1) is 5.92 Å². The van der Waals surface area contributed by atoms with E-state index >= 15 is 0 Å². The number of benzene rings is 1. The number of hydrogen-bond acceptors (Lipinski definition) is 4. The van der Waals surface area contributed by atoms with Gasteiger partial charge in [0.25, 0.3) is 5.89 Å². The maximum atomic E-state index is 12.4. The van der Waals surface area contributed by atoms with Gasteiger partial charge in [-0.25, -0.2) is 4.98 Å². The Morgan fingerprint density at radius 2 is 2.00 bits per heavy atom. The highest BCUT2D eigenvalue weighted by atomic mass is 16.4. The van der Waals surface area contributed by atoms with Gasteiger partial charge in [0.15, 0.2) is 5.76 Å². The molecule has 3 saturated heterocycles. The van der Waals surface area contributed by atoms with E-state index in [1.807, 2.05) is 30.3 Å². The van der Waals surface area contributed by atoms with Crippen LogP contribution >= 0.6 is 0 Å². The molecule has 0 spiro atoms. The van der Waals surface area contributed by atoms with Crippen molar-refractivity contribution >= 4 is 5.91 Å². The zero-order chi connectivity index (χ0) is 15.6. The minimum absolute atomic E-state index is 0.149. The Morgan fingerprint density at radius 1 is 1.22 bits per heavy atom. The van der Waals surface area contributed by atoms with Crippen molar-refractivity contribution in [3.05, 3.63) is 42.4 Å². The highest BCUT2D eigenvalue weighted by Gasteiger charge is 2.30. The predicted molar refractivity (Wildman–Crippen MR) is 87.0 cm³/mol. The summed E-state index contributed by atoms with van der Waals surface area (Å²) in [6, 6.07) is 9.91. The molecule has 1 aromatic heterocycles. The molecule has 0 aliphatic carbocycles. The first-order valence-electron chi connectivity index (χ1n) is 8.32. The lowest BCUT2D eigenvalue weighted by Gasteiger charge is -2.26. The number of rotatable bonds is 3. The van der Waals surface area contributed by atoms with E-state index in [4.69, 9.17) is 4.42 Å². The van der Waals surface area contributed by atoms with Crippen LogP contribution in [0.3, 0.4) is 0 Å². The Labute approximate surface area is 135 Å². The number of carbonyl (C=O) groups excluding carboxylic acids is 1. The second kappa shape index (κ2) is 6.16. The van der Waals surface area contributed by atoms with Crippen molar-refractivity contribution in [1.29, 1.82) is 0 Å². The van der Waals surface area contributed by atoms with Crippen molar-refractivity contribution in [2.24, 2.45) is 5.92 Å². The second-order valence-electron chi connectivity index (χ2n) is 6.55. The maximum absolute atomic E-state index is 12.4. The zero-order valence-electron chi connectivity index (χ0n) is 13.1. The lowest BCUT2D eigenvalue weighted by Crippen LogP contribution is -2.42. The summed E-state index contributed by atoms with van der Waals surface area (Å²) in [5.74, 6) is 1.30. The number of aromatic nitrogens is 1. The molecule has 1 amide bonds. The molecule has 23 heavy (non-hydrogen) atoms. The molecule has 3 aliphatic heterocycles. The van der Waals surface area contributed by atoms with E-state index < -0.39 is 0 Å². The van der Waals surface area contributed by atoms with Crippen molar-refractivity contribution in [2.75, 3.05) is 19.6 Å². The van der Waals surface area contributed by atoms with Crippen LogP contribution in [0.4, 0.5) is 0 Å². The lowest BCUT2D eigenvalue weighted by molar-refractivity contribution is 0.0894. The van der Waals surface area contributed by atoms with Crippen LogP contribution in [0.25, 0.3) is 11.3 Å². The molecule has 1 N–H and O–H groups in total. The summed E-state index contributed by atoms with van der Waals surface area (Å²) in [7, 11) is 0. The Morgan fingerprint density at radius 3 is 2.78 bits per heavy atom. The summed E-state index contributed by atoms with van der Waals surface area (Å²) in [6.07, 6.45) is 5.19. The van der Waals surface area contributed by atoms with Crippen LogP contribution in [-0.4, -0.2) is 41.5 Å². The highest BCUT2D eigenvalue weighted by molar-refractivity contribution is 5.90. The minimum atomic E-state index is -0.209. The number of fused-ring (bicyclic) bond motifs is 4. The van der Waals surface area contributed by atoms with Gasteiger partial charge in [0.05, 0.1) is 6.20 Å². The van der Waals surface area contributed by atoms with Gasteiger partial charge >= 0.3 is 5.91 Å². The molecule has 4 heterocycles. The topological polar surface area (TPSA) is 58.4 Å². The van der Waals surface area contributed by atoms with Crippen molar-refractivity contribution in [1.82, 2.24) is 15.2 Å². The van der Waals surface area contributed by atoms with Gasteiger partial charge < -0.3 is 14.6 Å². The molecular formula is C18H21N3O2. The van der Waals surface area contributed by atoms with Crippen molar-refractivity contribution < 1.29 is 9.21 Å². The third-order valence-electron chi connectivity index (χ3n) is 4.90. The average molecular weight is 311 g/mol. The number of oxazole rings is 1. The van der Waals surface area contributed by atoms with E-state index in [9.17, 15) is 4.79 Å². The van der Waals surface area contributed by atoms with Gasteiger partial charge in [0.1, 0.15) is 0 Å². The molecule has 0 saturated carbocycles. The number of piperidine rings is 1. The van der Waals surface area contributed by atoms with Gasteiger partial charge in [-0.15, -0.1) is 0 Å². The molecular weight excluding hydrogens is 290 g/mol. The highest BCUT2D eigenvalue weighted by Crippen LogP contribution is 2.27. The molecule has 3 fully saturated rings. The molecule has 5 nitrogen and oxygen atoms in total. The molecule has 5 heteroatoms. The minimum Gasteiger partial charge on any atom is -0.432 e. The van der Waals surface area contributed by atoms with Crippen LogP contribution < -0.4 is 5.32 Å². The first-order valence-corrected chi connectivity index (χ1v) is 8.32. The zero-order valence-corrected chi connectivity index (χ0v) is 13.1. The van der Waals surface area contributed by atoms with Crippen LogP contribution in [0.1, 0.15) is 29.9 Å². The number of carbonyl (C=O) groups is 1. The Hall–Kier alpha value is -2.14. The molecule has 120 valence electrons. The molecule has 0 radical (unpaired) electrons. The maximum Gasteiger partial charge on any atom is 0.307 e. The van der Waals surface area contributed by atoms with E-state index in [1.165, 1.54) is 12.8 Å². The summed E-state index contributed by atoms with van der Waals surface area (Å²) in [6.45, 7) is 3.26. The molecule has 5 rings (SSSR count). The number of amides is 1. The SMILES string of the molecule is O=C(N[C@@H]1CC2CCN(CC2)C1)c1ncc(-c2ccccc2)o1. The van der Waals surface area contributed by atoms with Crippen LogP contribution in [0.5, 0.6) is 0 Å². The summed E-state index contributed by atoms with van der Waals surface area (Å²) in [4.78, 5) is 19.0. The van der Waals surface area contributed by atoms with E-state index in [2.05, 4.69) is 15.2 Å². The first kappa shape index (κ1) is 14.5. The smallest absolute Gasteiger partial charge is 0.307 e. The fraction of sp³-hybridized carbons (Fsp3) is 0.444. The summed E-state index contributed by atoms with van der Waals surface area (Å²) in [5, 5.41) is 3.10. The molecule has 0 unspecified atom stereocenters. The fourth-order valence-electron chi connectivity index (χ4n) is 3.66. The van der Waals surface area contributed by atoms with Crippen LogP contribution in [0.15, 0.2) is 40.9 Å². The van der Waals surface area contributed by atoms with Crippen molar-refractivity contribution in [2.45, 2.75) is 25.3 Å². The quantitative estimate of drug-likeness (QED) is 0.946. The van der Waals surface area contributed by atoms with Gasteiger partial charge in [-0.05, 0) is 38.3 Å². The van der Waals surface area contributed by atoms with Crippen LogP contribution in [0.2, 0.25) is 0 Å². The summed E-state index contributed by atoms with van der Waals surface area (Å²) < 4.78 is 5.64. The van der Waals surface area contributed by atoms with Gasteiger partial charge in [-0.2, -0.15) is 0 Å². The predicted octanol–water partition coefficient (Wildman–Crippen LogP) is 2.56. The molecule has 1 atom stereocenters. The van der Waals surface area contributed by atoms with E-state index in [-0.39, 0.29) is 17.8 Å². The fourth-order valence-corrected chi connectivity index (χ4v) is 3.66. The number of hydrogen-bond donors (Lipinski definition) is 1. The summed E-state index contributed by atoms with van der Waals surface area (Å²) >= 11 is 0. The van der Waals surface area contributed by atoms with Crippen molar-refractivity contribution in [3.63, 3.8) is 0 Å². The van der Waals surface area contributed by atoms with Gasteiger partial charge in [-0.3, -0.25) is 4.79 Å². The first-order chi connectivity index (χ1) is 11.3. The van der Waals surface area contributed by atoms with Crippen molar-refractivity contribution in [3.8, 4) is 11.3 Å². The monoisotopic (exact) mass is 311 g/mol. The third kappa shape index (κ3) is 3.15. The summed E-state index contributed by atoms with van der Waals surface area (Å²) in [5.41, 5.74) is 0.928. The average Bonchev–Trinajstić information content (AvgIpc) is 2.91. The Kier molecular flexibility index (Phi) is 3.87. The van der Waals surface area contributed by atoms with E-state index in [0.29, 0.717) is 5.76 Å². The molecule has 1 aromatic carbocycles. The third-order valence-corrected chi connectivity index (χ3v) is 4.90. The van der Waals surface area contributed by atoms with Gasteiger partial charge in [-0.1, -0.05) is 30.3 Å². The molecule has 3 aliphatic rings. The number of nitrogens with zero attached hydrogens (tertiary/aromatic N) is 2. The van der Waals surface area contributed by atoms with E-state index in [0.717, 1.165) is 37.5 Å². The molecule has 2 bridgehead atoms. The largest absolute Gasteiger partial charge is 0.432 e. The van der Waals surface area contributed by atoms with Gasteiger partial charge in [0.2, 0.25) is 0 Å². The van der Waals surface area contributed by atoms with E-state index in [1.54, 1.807) is 6.20 Å². The van der Waals surface area contributed by atoms with Gasteiger partial charge in [0, 0.05) is 18.2 Å². The Bertz CT molecular complexity index is 661. The van der Waals surface area contributed by atoms with Crippen LogP contribution in [-0.2, 0) is 0 Å². The Balaban J connectivity index is 1.44. The second-order valence-corrected chi connectivity index (χ2v) is 6.55. The normalized spacial score (nSPS) is 26.7. The standard InChI is InChI=1S/C18H21N3O2/c22-17(20-15-10-13-6-8-21(12-15)9-7-13)18-19-11-16(23-18)14-4-2-1-3-5-14/h1-5,11,13,15H,6-10,12H2,(H,20,22)/t15-/m1/s1. The lowest BCUT2D eigenvalue weighted by atomic mass is 9.94.